The molecule has 0 fully saturated rings. The van der Waals surface area contributed by atoms with Gasteiger partial charge in [0.05, 0.1) is 118 Å². The van der Waals surface area contributed by atoms with E-state index in [2.05, 4.69) is 14.2 Å². The van der Waals surface area contributed by atoms with Gasteiger partial charge in [0.1, 0.15) is 30.7 Å². The van der Waals surface area contributed by atoms with Crippen molar-refractivity contribution in [2.45, 2.75) is 177 Å². The summed E-state index contributed by atoms with van der Waals surface area (Å²) < 4.78 is 400. The van der Waals surface area contributed by atoms with Crippen LogP contribution in [0.3, 0.4) is 0 Å². The first-order chi connectivity index (χ1) is 45.3. The number of thioether (sulfide) groups is 2. The monoisotopic (exact) mass is 1600 g/mol. The van der Waals surface area contributed by atoms with Gasteiger partial charge < -0.3 is 37.0 Å². The fourth-order valence-electron chi connectivity index (χ4n) is 6.89. The largest absolute Gasteiger partial charge is 0.744 e. The fourth-order valence-corrected chi connectivity index (χ4v) is 10.6. The van der Waals surface area contributed by atoms with Crippen LogP contribution in [0, 0.1) is 13.8 Å². The number of carbonyl (C=O) groups is 4. The quantitative estimate of drug-likeness (QED) is 0.0152. The van der Waals surface area contributed by atoms with Gasteiger partial charge in [0.15, 0.2) is 0 Å². The zero-order valence-corrected chi connectivity index (χ0v) is 58.5. The van der Waals surface area contributed by atoms with Gasteiger partial charge in [0.2, 0.25) is 0 Å². The van der Waals surface area contributed by atoms with Gasteiger partial charge in [-0.1, -0.05) is 74.4 Å². The van der Waals surface area contributed by atoms with E-state index in [-0.39, 0.29) is 27.9 Å². The van der Waals surface area contributed by atoms with Crippen molar-refractivity contribution in [1.29, 1.82) is 0 Å². The standard InChI is InChI=1S/C25H38F12NO4S.C18H24F12NO4S.2C7H8O3S/c1-5-6-7-8-9-10-13-41-18(39)16-17(43-15-12-38(2,3)4)19(40)42-14-11-21(28,29)23(32,33)25(36,37)24(34,35)22(30,31)20(26)27;1-31(2,3)6-8-36-10(9-11(32)34-4)12(33)35-7-5-14(21,22)16(25,26)18(29,30)17(27,28)15(23,24)13(19)20;2*1-6-2-4-7(5-3-6)11(8,9)10/h17,20H,5-16H2,1-4H3;10,13H,5-9H2,1-4H3;2*2-5H,1H3,(H,8,9,10)/q2*+1;;/p-2. The number of quaternary nitrogens is 2. The van der Waals surface area contributed by atoms with Crippen molar-refractivity contribution in [3.8, 4) is 0 Å². The minimum absolute atomic E-state index is 0.0149. The van der Waals surface area contributed by atoms with Crippen LogP contribution in [0.5, 0.6) is 0 Å². The second kappa shape index (κ2) is 39.4. The van der Waals surface area contributed by atoms with Crippen LogP contribution in [-0.2, 0) is 58.4 Å². The first kappa shape index (κ1) is 98.1. The number of alkyl halides is 24. The van der Waals surface area contributed by atoms with Crippen molar-refractivity contribution in [2.24, 2.45) is 0 Å². The fraction of sp³-hybridized carbons (Fsp3) is 0.719. The molecule has 0 aliphatic heterocycles. The van der Waals surface area contributed by atoms with E-state index in [4.69, 9.17) is 4.74 Å². The van der Waals surface area contributed by atoms with Crippen LogP contribution in [0.2, 0.25) is 0 Å². The molecule has 16 nitrogen and oxygen atoms in total. The van der Waals surface area contributed by atoms with Gasteiger partial charge in [0, 0.05) is 11.5 Å². The predicted octanol–water partition coefficient (Wildman–Crippen LogP) is 14.0. The molecular weight excluding hydrogens is 1520 g/mol. The highest BCUT2D eigenvalue weighted by molar-refractivity contribution is 8.00. The first-order valence-corrected chi connectivity index (χ1v) is 34.0. The molecule has 0 bridgehead atoms. The lowest BCUT2D eigenvalue weighted by atomic mass is 9.93. The number of ether oxygens (including phenoxy) is 4. The summed E-state index contributed by atoms with van der Waals surface area (Å²) in [6.07, 6.45) is -12.4. The SMILES string of the molecule is CCCCCCCCOC(=O)CC(SCC[N+](C)(C)C)C(=O)OCCC(F)(F)C(F)(F)C(F)(F)C(F)(F)C(F)(F)C(F)F.COC(=O)CC(SCC[N+](C)(C)C)C(=O)OCCC(F)(F)C(F)(F)C(F)(F)C(F)(F)C(F)(F)C(F)F.Cc1ccc(S(=O)(=O)[O-])cc1.Cc1ccc(S(=O)(=O)[O-])cc1. The predicted molar refractivity (Wildman–Crippen MR) is 315 cm³/mol. The molecule has 590 valence electrons. The lowest BCUT2D eigenvalue weighted by Crippen LogP contribution is -2.68. The van der Waals surface area contributed by atoms with Gasteiger partial charge in [-0.2, -0.15) is 87.8 Å². The average molecular weight is 1600 g/mol. The minimum atomic E-state index is -7.66. The number of nitrogens with zero attached hydrogens (tertiary/aromatic N) is 2. The van der Waals surface area contributed by atoms with Gasteiger partial charge in [-0.05, 0) is 44.5 Å². The molecule has 2 rings (SSSR count). The Morgan fingerprint density at radius 1 is 0.446 bits per heavy atom. The van der Waals surface area contributed by atoms with Crippen molar-refractivity contribution in [3.05, 3.63) is 59.7 Å². The van der Waals surface area contributed by atoms with Crippen LogP contribution >= 0.6 is 23.5 Å². The molecule has 2 unspecified atom stereocenters. The molecule has 44 heteroatoms. The number of rotatable bonds is 39. The van der Waals surface area contributed by atoms with Crippen LogP contribution in [0.15, 0.2) is 58.3 Å². The summed E-state index contributed by atoms with van der Waals surface area (Å²) in [5, 5.41) is -2.85. The summed E-state index contributed by atoms with van der Waals surface area (Å²) in [7, 11) is 3.01. The molecule has 0 amide bonds. The van der Waals surface area contributed by atoms with E-state index in [1.54, 1.807) is 66.6 Å². The molecule has 2 aromatic rings. The molecular formula is C57H76F24N2O14S4. The first-order valence-electron chi connectivity index (χ1n) is 29.1. The average Bonchev–Trinajstić information content (AvgIpc) is 0.726. The Kier molecular flexibility index (Phi) is 38.3. The number of benzene rings is 2. The molecule has 0 radical (unpaired) electrons. The highest BCUT2D eigenvalue weighted by Crippen LogP contribution is 2.60. The molecule has 101 heavy (non-hydrogen) atoms. The summed E-state index contributed by atoms with van der Waals surface area (Å²) in [4.78, 5) is 47.9. The second-order valence-electron chi connectivity index (χ2n) is 23.8. The summed E-state index contributed by atoms with van der Waals surface area (Å²) >= 11 is 1.59. The Morgan fingerprint density at radius 2 is 0.743 bits per heavy atom. The van der Waals surface area contributed by atoms with Crippen LogP contribution in [0.25, 0.3) is 0 Å². The summed E-state index contributed by atoms with van der Waals surface area (Å²) in [5.74, 6) is -76.0. The number of hydrogen-bond acceptors (Lipinski definition) is 16. The second-order valence-corrected chi connectivity index (χ2v) is 29.2. The number of unbranched alkanes of at least 4 members (excludes halogenated alkanes) is 5. The van der Waals surface area contributed by atoms with E-state index in [0.717, 1.165) is 73.9 Å². The number of aryl methyl sites for hydroxylation is 2. The number of carbonyl (C=O) groups excluding carboxylic acids is 4. The lowest BCUT2D eigenvalue weighted by Gasteiger charge is -2.39. The smallest absolute Gasteiger partial charge is 0.384 e. The topological polar surface area (TPSA) is 220 Å². The van der Waals surface area contributed by atoms with Crippen molar-refractivity contribution in [2.75, 3.05) is 93.8 Å². The van der Waals surface area contributed by atoms with E-state index in [9.17, 15) is 150 Å². The molecule has 0 saturated heterocycles. The van der Waals surface area contributed by atoms with Crippen LogP contribution in [0.4, 0.5) is 105 Å². The van der Waals surface area contributed by atoms with Crippen molar-refractivity contribution >= 4 is 67.6 Å². The Morgan fingerprint density at radius 3 is 1.02 bits per heavy atom. The number of halogens is 24. The van der Waals surface area contributed by atoms with E-state index in [1.165, 1.54) is 24.3 Å². The summed E-state index contributed by atoms with van der Waals surface area (Å²) in [6.45, 7) is 2.91. The molecule has 0 aliphatic rings. The van der Waals surface area contributed by atoms with E-state index >= 15 is 0 Å². The summed E-state index contributed by atoms with van der Waals surface area (Å²) in [5.41, 5.74) is 1.86. The Bertz CT molecular complexity index is 3030. The maximum atomic E-state index is 14.0. The third kappa shape index (κ3) is 29.9. The molecule has 0 N–H and O–H groups in total. The highest BCUT2D eigenvalue weighted by atomic mass is 32.2. The Labute approximate surface area is 574 Å². The molecule has 0 spiro atoms. The number of methoxy groups -OCH3 is 1. The maximum Gasteiger partial charge on any atom is 0.384 e. The maximum absolute atomic E-state index is 14.0. The van der Waals surface area contributed by atoms with E-state index in [1.807, 2.05) is 20.8 Å². The molecule has 0 aliphatic carbocycles. The van der Waals surface area contributed by atoms with Crippen LogP contribution in [0.1, 0.15) is 82.3 Å². The third-order valence-corrected chi connectivity index (χ3v) is 17.3. The van der Waals surface area contributed by atoms with Crippen molar-refractivity contribution in [3.63, 3.8) is 0 Å². The molecule has 2 atom stereocenters. The Balaban J connectivity index is 0. The molecule has 0 aromatic heterocycles. The highest BCUT2D eigenvalue weighted by Gasteiger charge is 2.89. The van der Waals surface area contributed by atoms with Crippen LogP contribution < -0.4 is 0 Å². The van der Waals surface area contributed by atoms with Crippen LogP contribution in [-0.4, -0.2) is 235 Å². The van der Waals surface area contributed by atoms with Gasteiger partial charge >= 0.3 is 96.0 Å². The van der Waals surface area contributed by atoms with E-state index < -0.39 is 166 Å². The van der Waals surface area contributed by atoms with Gasteiger partial charge in [-0.3, -0.25) is 19.2 Å². The summed E-state index contributed by atoms with van der Waals surface area (Å²) in [6, 6.07) is 11.6. The zero-order chi connectivity index (χ0) is 79.8. The molecule has 2 aromatic carbocycles. The number of esters is 4. The minimum Gasteiger partial charge on any atom is -0.744 e. The van der Waals surface area contributed by atoms with Gasteiger partial charge in [-0.25, -0.2) is 34.4 Å². The Hall–Kier alpha value is -4.92. The number of hydrogen-bond donors (Lipinski definition) is 0. The zero-order valence-electron chi connectivity index (χ0n) is 55.3. The molecule has 0 heterocycles. The van der Waals surface area contributed by atoms with Gasteiger partial charge in [-0.15, -0.1) is 23.5 Å². The normalized spacial score (nSPS) is 14.1. The molecule has 0 saturated carbocycles. The van der Waals surface area contributed by atoms with Crippen molar-refractivity contribution < 1.29 is 178 Å². The van der Waals surface area contributed by atoms with Crippen molar-refractivity contribution in [1.82, 2.24) is 0 Å². The van der Waals surface area contributed by atoms with E-state index in [0.29, 0.717) is 28.5 Å². The third-order valence-electron chi connectivity index (χ3n) is 13.2. The van der Waals surface area contributed by atoms with Gasteiger partial charge in [0.25, 0.3) is 0 Å². The lowest BCUT2D eigenvalue weighted by molar-refractivity contribution is -0.867.